The van der Waals surface area contributed by atoms with Crippen molar-refractivity contribution in [3.8, 4) is 22.5 Å². The first-order chi connectivity index (χ1) is 16.7. The van der Waals surface area contributed by atoms with E-state index in [0.717, 1.165) is 66.2 Å². The molecule has 2 aromatic carbocycles. The van der Waals surface area contributed by atoms with Crippen LogP contribution in [-0.2, 0) is 0 Å². The molecule has 4 aromatic rings. The summed E-state index contributed by atoms with van der Waals surface area (Å²) >= 11 is 0. The summed E-state index contributed by atoms with van der Waals surface area (Å²) in [6, 6.07) is 24.2. The first kappa shape index (κ1) is 21.4. The molecule has 1 aliphatic heterocycles. The van der Waals surface area contributed by atoms with Gasteiger partial charge in [0.25, 0.3) is 0 Å². The van der Waals surface area contributed by atoms with E-state index < -0.39 is 0 Å². The van der Waals surface area contributed by atoms with Gasteiger partial charge in [-0.05, 0) is 25.8 Å². The Morgan fingerprint density at radius 2 is 1.50 bits per heavy atom. The van der Waals surface area contributed by atoms with Gasteiger partial charge in [-0.2, -0.15) is 9.61 Å². The Hall–Kier alpha value is -3.18. The molecular weight excluding hydrogens is 418 g/mol. The minimum Gasteiger partial charge on any atom is -0.354 e. The van der Waals surface area contributed by atoms with Gasteiger partial charge in [-0.25, -0.2) is 4.98 Å². The largest absolute Gasteiger partial charge is 0.354 e. The summed E-state index contributed by atoms with van der Waals surface area (Å²) in [6.45, 7) is 6.44. The van der Waals surface area contributed by atoms with Gasteiger partial charge in [0.15, 0.2) is 5.65 Å². The van der Waals surface area contributed by atoms with Crippen molar-refractivity contribution in [2.24, 2.45) is 0 Å². The van der Waals surface area contributed by atoms with Crippen LogP contribution in [0.5, 0.6) is 0 Å². The summed E-state index contributed by atoms with van der Waals surface area (Å²) < 4.78 is 2.06. The Bertz CT molecular complexity index is 1260. The molecule has 1 saturated heterocycles. The molecule has 34 heavy (non-hydrogen) atoms. The monoisotopic (exact) mass is 451 g/mol. The lowest BCUT2D eigenvalue weighted by atomic mass is 9.94. The van der Waals surface area contributed by atoms with Gasteiger partial charge in [-0.3, -0.25) is 4.90 Å². The third kappa shape index (κ3) is 4.21. The zero-order chi connectivity index (χ0) is 22.9. The minimum absolute atomic E-state index is 0.783. The summed E-state index contributed by atoms with van der Waals surface area (Å²) in [5.74, 6) is 1.14. The van der Waals surface area contributed by atoms with Crippen molar-refractivity contribution in [2.75, 3.05) is 31.1 Å². The third-order valence-electron chi connectivity index (χ3n) is 7.52. The van der Waals surface area contributed by atoms with Crippen LogP contribution in [-0.4, -0.2) is 51.7 Å². The molecule has 2 aromatic heterocycles. The second kappa shape index (κ2) is 9.22. The molecule has 0 N–H and O–H groups in total. The summed E-state index contributed by atoms with van der Waals surface area (Å²) in [6.07, 6.45) is 6.94. The van der Waals surface area contributed by atoms with Crippen LogP contribution in [0.15, 0.2) is 66.7 Å². The van der Waals surface area contributed by atoms with Gasteiger partial charge < -0.3 is 4.90 Å². The van der Waals surface area contributed by atoms with Crippen LogP contribution in [0.25, 0.3) is 28.2 Å². The van der Waals surface area contributed by atoms with Gasteiger partial charge in [0.2, 0.25) is 0 Å². The number of benzene rings is 2. The van der Waals surface area contributed by atoms with Gasteiger partial charge >= 0.3 is 0 Å². The van der Waals surface area contributed by atoms with Crippen LogP contribution >= 0.6 is 0 Å². The van der Waals surface area contributed by atoms with Crippen LogP contribution in [0.1, 0.15) is 37.7 Å². The predicted octanol–water partition coefficient (Wildman–Crippen LogP) is 5.83. The number of nitrogens with zero attached hydrogens (tertiary/aromatic N) is 5. The highest BCUT2D eigenvalue weighted by atomic mass is 15.4. The van der Waals surface area contributed by atoms with Crippen LogP contribution < -0.4 is 4.90 Å². The van der Waals surface area contributed by atoms with E-state index >= 15 is 0 Å². The molecule has 5 heteroatoms. The fourth-order valence-corrected chi connectivity index (χ4v) is 5.65. The number of aryl methyl sites for hydroxylation is 1. The molecule has 1 aliphatic carbocycles. The molecule has 5 nitrogen and oxygen atoms in total. The first-order valence-corrected chi connectivity index (χ1v) is 12.8. The van der Waals surface area contributed by atoms with Crippen LogP contribution in [0.3, 0.4) is 0 Å². The van der Waals surface area contributed by atoms with E-state index in [1.54, 1.807) is 0 Å². The smallest absolute Gasteiger partial charge is 0.158 e. The van der Waals surface area contributed by atoms with E-state index in [-0.39, 0.29) is 0 Å². The molecule has 3 heterocycles. The van der Waals surface area contributed by atoms with Gasteiger partial charge in [-0.15, -0.1) is 0 Å². The zero-order valence-electron chi connectivity index (χ0n) is 20.0. The van der Waals surface area contributed by atoms with E-state index in [0.29, 0.717) is 0 Å². The van der Waals surface area contributed by atoms with Crippen molar-refractivity contribution >= 4 is 11.5 Å². The molecule has 2 aliphatic rings. The normalized spacial score (nSPS) is 18.0. The second-order valence-electron chi connectivity index (χ2n) is 9.85. The van der Waals surface area contributed by atoms with Gasteiger partial charge in [0.05, 0.1) is 11.4 Å². The second-order valence-corrected chi connectivity index (χ2v) is 9.85. The molecule has 2 fully saturated rings. The molecule has 174 valence electrons. The summed E-state index contributed by atoms with van der Waals surface area (Å²) in [5, 5.41) is 5.04. The minimum atomic E-state index is 0.783. The van der Waals surface area contributed by atoms with Gasteiger partial charge in [0.1, 0.15) is 5.82 Å². The maximum Gasteiger partial charge on any atom is 0.158 e. The zero-order valence-corrected chi connectivity index (χ0v) is 20.0. The Morgan fingerprint density at radius 3 is 2.26 bits per heavy atom. The molecule has 1 saturated carbocycles. The number of aromatic nitrogens is 3. The average Bonchev–Trinajstić information content (AvgIpc) is 3.34. The third-order valence-corrected chi connectivity index (χ3v) is 7.52. The molecule has 0 unspecified atom stereocenters. The van der Waals surface area contributed by atoms with Gasteiger partial charge in [0, 0.05) is 55.5 Å². The molecule has 0 bridgehead atoms. The van der Waals surface area contributed by atoms with Crippen LogP contribution in [0, 0.1) is 6.92 Å². The highest BCUT2D eigenvalue weighted by molar-refractivity contribution is 5.71. The number of hydrogen-bond donors (Lipinski definition) is 0. The molecule has 0 atom stereocenters. The van der Waals surface area contributed by atoms with Crippen molar-refractivity contribution in [1.29, 1.82) is 0 Å². The van der Waals surface area contributed by atoms with Crippen LogP contribution in [0.4, 0.5) is 5.82 Å². The molecular formula is C29H33N5. The highest BCUT2D eigenvalue weighted by Gasteiger charge is 2.27. The van der Waals surface area contributed by atoms with Crippen molar-refractivity contribution < 1.29 is 0 Å². The fraction of sp³-hybridized carbons (Fsp3) is 0.379. The lowest BCUT2D eigenvalue weighted by Gasteiger charge is -2.41. The first-order valence-electron chi connectivity index (χ1n) is 12.8. The van der Waals surface area contributed by atoms with E-state index in [1.807, 2.05) is 0 Å². The average molecular weight is 452 g/mol. The van der Waals surface area contributed by atoms with Crippen molar-refractivity contribution in [3.05, 3.63) is 72.3 Å². The Balaban J connectivity index is 1.37. The summed E-state index contributed by atoms with van der Waals surface area (Å²) in [5.41, 5.74) is 6.41. The quantitative estimate of drug-likeness (QED) is 0.391. The summed E-state index contributed by atoms with van der Waals surface area (Å²) in [7, 11) is 0. The van der Waals surface area contributed by atoms with Gasteiger partial charge in [-0.1, -0.05) is 73.4 Å². The van der Waals surface area contributed by atoms with Crippen molar-refractivity contribution in [2.45, 2.75) is 45.1 Å². The number of hydrogen-bond acceptors (Lipinski definition) is 4. The summed E-state index contributed by atoms with van der Waals surface area (Å²) in [4.78, 5) is 10.3. The fourth-order valence-electron chi connectivity index (χ4n) is 5.65. The Labute approximate surface area is 202 Å². The van der Waals surface area contributed by atoms with Crippen molar-refractivity contribution in [3.63, 3.8) is 0 Å². The Morgan fingerprint density at radius 1 is 0.735 bits per heavy atom. The molecule has 0 spiro atoms. The molecule has 0 amide bonds. The molecule has 0 radical (unpaired) electrons. The highest BCUT2D eigenvalue weighted by Crippen LogP contribution is 2.30. The van der Waals surface area contributed by atoms with E-state index in [4.69, 9.17) is 10.1 Å². The SMILES string of the molecule is Cc1cccc(-c2cc3nc(-c4ccccc4)cc(N4CCN(C5CCCCC5)CC4)n3n2)c1. The van der Waals surface area contributed by atoms with E-state index in [2.05, 4.69) is 88.0 Å². The number of piperazine rings is 1. The Kier molecular flexibility index (Phi) is 5.79. The van der Waals surface area contributed by atoms with E-state index in [1.165, 1.54) is 37.7 Å². The van der Waals surface area contributed by atoms with Crippen LogP contribution in [0.2, 0.25) is 0 Å². The lowest BCUT2D eigenvalue weighted by molar-refractivity contribution is 0.147. The predicted molar refractivity (Wildman–Crippen MR) is 139 cm³/mol. The van der Waals surface area contributed by atoms with Crippen molar-refractivity contribution in [1.82, 2.24) is 19.5 Å². The lowest BCUT2D eigenvalue weighted by Crippen LogP contribution is -2.51. The number of fused-ring (bicyclic) bond motifs is 1. The standard InChI is InChI=1S/C29H33N5/c1-22-9-8-12-24(19-22)27-20-28-30-26(23-10-4-2-5-11-23)21-29(34(28)31-27)33-17-15-32(16-18-33)25-13-6-3-7-14-25/h2,4-5,8-12,19-21,25H,3,6-7,13-18H2,1H3. The maximum absolute atomic E-state index is 5.04. The number of rotatable bonds is 4. The van der Waals surface area contributed by atoms with E-state index in [9.17, 15) is 0 Å². The maximum atomic E-state index is 5.04. The number of anilines is 1. The topological polar surface area (TPSA) is 36.7 Å². The molecule has 6 rings (SSSR count).